The van der Waals surface area contributed by atoms with Crippen molar-refractivity contribution >= 4 is 69.0 Å². The molecule has 0 N–H and O–H groups in total. The molecule has 0 amide bonds. The van der Waals surface area contributed by atoms with E-state index in [1.54, 1.807) is 22.7 Å². The van der Waals surface area contributed by atoms with E-state index in [0.717, 1.165) is 35.1 Å². The van der Waals surface area contributed by atoms with Crippen LogP contribution in [0, 0.1) is 12.3 Å². The number of fused-ring (bicyclic) bond motifs is 3. The van der Waals surface area contributed by atoms with Gasteiger partial charge < -0.3 is 0 Å². The highest BCUT2D eigenvalue weighted by Crippen LogP contribution is 2.34. The molecule has 156 valence electrons. The van der Waals surface area contributed by atoms with Gasteiger partial charge in [-0.3, -0.25) is 0 Å². The summed E-state index contributed by atoms with van der Waals surface area (Å²) in [5, 5.41) is 11.1. The summed E-state index contributed by atoms with van der Waals surface area (Å²) in [5.41, 5.74) is 5.63. The summed E-state index contributed by atoms with van der Waals surface area (Å²) in [4.78, 5) is 0. The fraction of sp³-hybridized carbons (Fsp3) is 0.214. The average Bonchev–Trinajstić information content (AvgIpc) is 3.42. The monoisotopic (exact) mass is 456 g/mol. The Kier molecular flexibility index (Phi) is 6.62. The van der Waals surface area contributed by atoms with Crippen LogP contribution in [0.25, 0.3) is 30.9 Å². The van der Waals surface area contributed by atoms with Gasteiger partial charge in [-0.2, -0.15) is 0 Å². The van der Waals surface area contributed by atoms with Gasteiger partial charge in [0.15, 0.2) is 0 Å². The summed E-state index contributed by atoms with van der Waals surface area (Å²) < 4.78 is 2.82. The first-order valence-electron chi connectivity index (χ1n) is 11.0. The molecule has 0 saturated carbocycles. The van der Waals surface area contributed by atoms with E-state index in [2.05, 4.69) is 79.9 Å². The highest BCUT2D eigenvalue weighted by molar-refractivity contribution is 7.25. The second-order valence-electron chi connectivity index (χ2n) is 7.73. The zero-order valence-electron chi connectivity index (χ0n) is 18.7. The molecule has 0 aliphatic carbocycles. The third-order valence-electron chi connectivity index (χ3n) is 6.20. The van der Waals surface area contributed by atoms with Crippen LogP contribution in [-0.4, -0.2) is 10.2 Å². The molecule has 0 unspecified atom stereocenters. The highest BCUT2D eigenvalue weighted by atomic mass is 32.1. The van der Waals surface area contributed by atoms with Crippen LogP contribution in [0.5, 0.6) is 0 Å². The zero-order valence-corrected chi connectivity index (χ0v) is 22.3. The van der Waals surface area contributed by atoms with Crippen molar-refractivity contribution in [3.05, 3.63) is 75.5 Å². The molecule has 3 aromatic carbocycles. The Bertz CT molecular complexity index is 1360. The quantitative estimate of drug-likeness (QED) is 0.163. The Balaban J connectivity index is 0.000000239. The molecule has 31 heavy (non-hydrogen) atoms. The van der Waals surface area contributed by atoms with E-state index >= 15 is 0 Å². The van der Waals surface area contributed by atoms with Crippen molar-refractivity contribution in [2.75, 3.05) is 0 Å². The molecular weight excluding hydrogens is 429 g/mol. The van der Waals surface area contributed by atoms with Crippen LogP contribution in [-0.2, 0) is 19.3 Å². The SMILES string of the molecule is C#Cc1c([SiH3])c(CC)c(CC)c2c(CC)c3ccccc3cc12.c1cc2sccc2s1. The second kappa shape index (κ2) is 9.40. The van der Waals surface area contributed by atoms with Crippen LogP contribution in [0.2, 0.25) is 0 Å². The third-order valence-corrected chi connectivity index (χ3v) is 9.19. The minimum Gasteiger partial charge on any atom is -0.143 e. The molecule has 5 aromatic rings. The first kappa shape index (κ1) is 21.8. The standard InChI is InChI=1S/C22H24Si.C6H4S2/c1-5-15-17(7-3)22(23)18(8-4)20-13-14-11-9-10-12-19(14)16(6-2)21(15)20;1-3-7-6-2-4-8-5(1)6/h4,9-13H,5-7H2,1-3,23H3;1-4H. The topological polar surface area (TPSA) is 0 Å². The maximum absolute atomic E-state index is 5.94. The first-order valence-corrected chi connectivity index (χ1v) is 13.8. The average molecular weight is 457 g/mol. The maximum Gasteiger partial charge on any atom is 0.0450 e. The first-order chi connectivity index (χ1) is 15.1. The predicted molar refractivity (Wildman–Crippen MR) is 147 cm³/mol. The number of terminal acetylenes is 1. The maximum atomic E-state index is 5.94. The molecule has 2 aromatic heterocycles. The molecule has 5 rings (SSSR count). The van der Waals surface area contributed by atoms with Gasteiger partial charge in [0.1, 0.15) is 0 Å². The molecule has 3 heteroatoms. The molecule has 0 aliphatic heterocycles. The summed E-state index contributed by atoms with van der Waals surface area (Å²) >= 11 is 3.61. The van der Waals surface area contributed by atoms with Gasteiger partial charge in [-0.05, 0) is 86.5 Å². The van der Waals surface area contributed by atoms with Crippen molar-refractivity contribution in [2.45, 2.75) is 40.0 Å². The minimum absolute atomic E-state index is 1.01. The molecule has 2 heterocycles. The molecule has 0 saturated heterocycles. The molecule has 0 nitrogen and oxygen atoms in total. The number of hydrogen-bond donors (Lipinski definition) is 0. The van der Waals surface area contributed by atoms with Crippen molar-refractivity contribution < 1.29 is 0 Å². The van der Waals surface area contributed by atoms with Crippen molar-refractivity contribution in [1.82, 2.24) is 0 Å². The van der Waals surface area contributed by atoms with Crippen molar-refractivity contribution in [2.24, 2.45) is 0 Å². The number of hydrogen-bond acceptors (Lipinski definition) is 2. The van der Waals surface area contributed by atoms with Crippen LogP contribution in [0.1, 0.15) is 43.0 Å². The molecule has 0 aliphatic rings. The predicted octanol–water partition coefficient (Wildman–Crippen LogP) is 6.62. The molecular formula is C28H28S2Si. The van der Waals surface area contributed by atoms with Crippen LogP contribution in [0.15, 0.2) is 53.2 Å². The normalized spacial score (nSPS) is 11.0. The van der Waals surface area contributed by atoms with E-state index in [4.69, 9.17) is 6.42 Å². The van der Waals surface area contributed by atoms with Gasteiger partial charge in [-0.25, -0.2) is 0 Å². The van der Waals surface area contributed by atoms with Crippen molar-refractivity contribution in [3.8, 4) is 12.3 Å². The summed E-state index contributed by atoms with van der Waals surface area (Å²) in [6.45, 7) is 6.80. The molecule has 0 radical (unpaired) electrons. The van der Waals surface area contributed by atoms with Crippen LogP contribution in [0.3, 0.4) is 0 Å². The Morgan fingerprint density at radius 3 is 2.00 bits per heavy atom. The molecule has 0 bridgehead atoms. The van der Waals surface area contributed by atoms with Crippen LogP contribution >= 0.6 is 22.7 Å². The fourth-order valence-electron chi connectivity index (χ4n) is 4.81. The van der Waals surface area contributed by atoms with Gasteiger partial charge in [0.05, 0.1) is 0 Å². The van der Waals surface area contributed by atoms with Gasteiger partial charge in [-0.1, -0.05) is 56.1 Å². The lowest BCUT2D eigenvalue weighted by atomic mass is 9.86. The van der Waals surface area contributed by atoms with Crippen LogP contribution < -0.4 is 5.19 Å². The second-order valence-corrected chi connectivity index (χ2v) is 10.6. The molecule has 0 spiro atoms. The lowest BCUT2D eigenvalue weighted by molar-refractivity contribution is 1.05. The fourth-order valence-corrected chi connectivity index (χ4v) is 7.71. The third kappa shape index (κ3) is 3.85. The Labute approximate surface area is 196 Å². The summed E-state index contributed by atoms with van der Waals surface area (Å²) in [7, 11) is 1.01. The van der Waals surface area contributed by atoms with Gasteiger partial charge in [0, 0.05) is 25.2 Å². The van der Waals surface area contributed by atoms with Crippen molar-refractivity contribution in [3.63, 3.8) is 0 Å². The Hall–Kier alpha value is -2.38. The van der Waals surface area contributed by atoms with E-state index in [1.807, 2.05) is 0 Å². The Morgan fingerprint density at radius 1 is 0.806 bits per heavy atom. The number of rotatable bonds is 3. The largest absolute Gasteiger partial charge is 0.143 e. The van der Waals surface area contributed by atoms with Gasteiger partial charge in [0.25, 0.3) is 0 Å². The lowest BCUT2D eigenvalue weighted by Crippen LogP contribution is -2.18. The van der Waals surface area contributed by atoms with E-state index < -0.39 is 0 Å². The zero-order chi connectivity index (χ0) is 22.0. The van der Waals surface area contributed by atoms with E-state index in [1.165, 1.54) is 52.8 Å². The lowest BCUT2D eigenvalue weighted by Gasteiger charge is -2.21. The number of benzene rings is 3. The van der Waals surface area contributed by atoms with Crippen molar-refractivity contribution in [1.29, 1.82) is 0 Å². The van der Waals surface area contributed by atoms with E-state index in [-0.39, 0.29) is 0 Å². The minimum atomic E-state index is 1.01. The summed E-state index contributed by atoms with van der Waals surface area (Å²) in [6.07, 6.45) is 9.13. The summed E-state index contributed by atoms with van der Waals surface area (Å²) in [5.74, 6) is 3.02. The van der Waals surface area contributed by atoms with E-state index in [9.17, 15) is 0 Å². The van der Waals surface area contributed by atoms with E-state index in [0.29, 0.717) is 0 Å². The smallest absolute Gasteiger partial charge is 0.0450 e. The van der Waals surface area contributed by atoms with Gasteiger partial charge in [-0.15, -0.1) is 29.1 Å². The molecule has 0 fully saturated rings. The highest BCUT2D eigenvalue weighted by Gasteiger charge is 2.17. The number of thiophene rings is 2. The van der Waals surface area contributed by atoms with Crippen LogP contribution in [0.4, 0.5) is 0 Å². The van der Waals surface area contributed by atoms with Gasteiger partial charge >= 0.3 is 0 Å². The summed E-state index contributed by atoms with van der Waals surface area (Å²) in [6, 6.07) is 15.4. The Morgan fingerprint density at radius 2 is 1.42 bits per heavy atom. The number of aryl methyl sites for hydroxylation is 2. The molecule has 0 atom stereocenters. The van der Waals surface area contributed by atoms with Gasteiger partial charge in [0.2, 0.25) is 0 Å².